The van der Waals surface area contributed by atoms with Gasteiger partial charge in [-0.3, -0.25) is 20.0 Å². The Hall–Kier alpha value is -4.04. The molecule has 0 spiro atoms. The van der Waals surface area contributed by atoms with Crippen LogP contribution in [0, 0.1) is 5.41 Å². The number of ether oxygens (including phenoxy) is 1. The number of nitrogens with one attached hydrogen (secondary N) is 1. The van der Waals surface area contributed by atoms with Gasteiger partial charge >= 0.3 is 0 Å². The molecule has 1 fully saturated rings. The standard InChI is InChI=1S/C28H28N6O2/c1-32-26(29)23-10-7-20(15-24(23)28(32)35)25-17-31-34-18-21(16-30-27(25)34)19-5-8-22(9-6-19)36-14-13-33-11-3-2-4-12-33/h5-10,15-18,29H,2-4,11-14H2,1H3. The first-order valence-electron chi connectivity index (χ1n) is 12.4. The number of benzene rings is 2. The molecular weight excluding hydrogens is 452 g/mol. The second-order valence-electron chi connectivity index (χ2n) is 9.42. The van der Waals surface area contributed by atoms with Gasteiger partial charge in [-0.15, -0.1) is 0 Å². The largest absolute Gasteiger partial charge is 0.492 e. The molecule has 0 aliphatic carbocycles. The number of amides is 1. The molecule has 4 aromatic rings. The van der Waals surface area contributed by atoms with Crippen molar-refractivity contribution in [3.8, 4) is 28.0 Å². The van der Waals surface area contributed by atoms with Gasteiger partial charge in [-0.2, -0.15) is 5.10 Å². The fourth-order valence-electron chi connectivity index (χ4n) is 5.00. The molecule has 8 heteroatoms. The van der Waals surface area contributed by atoms with Gasteiger partial charge < -0.3 is 4.74 Å². The predicted molar refractivity (Wildman–Crippen MR) is 139 cm³/mol. The van der Waals surface area contributed by atoms with Crippen LogP contribution in [0.5, 0.6) is 5.75 Å². The van der Waals surface area contributed by atoms with Crippen molar-refractivity contribution in [3.05, 3.63) is 72.2 Å². The van der Waals surface area contributed by atoms with Crippen LogP contribution in [0.25, 0.3) is 27.9 Å². The first kappa shape index (κ1) is 22.4. The first-order chi connectivity index (χ1) is 17.6. The Bertz CT molecular complexity index is 1450. The molecule has 182 valence electrons. The van der Waals surface area contributed by atoms with Crippen molar-refractivity contribution < 1.29 is 9.53 Å². The molecule has 8 nitrogen and oxygen atoms in total. The van der Waals surface area contributed by atoms with E-state index in [0.717, 1.165) is 34.5 Å². The van der Waals surface area contributed by atoms with E-state index in [1.807, 2.05) is 54.9 Å². The number of amidine groups is 1. The molecule has 0 saturated carbocycles. The van der Waals surface area contributed by atoms with Crippen LogP contribution in [-0.4, -0.2) is 69.4 Å². The summed E-state index contributed by atoms with van der Waals surface area (Å²) in [6.45, 7) is 4.04. The second-order valence-corrected chi connectivity index (χ2v) is 9.42. The summed E-state index contributed by atoms with van der Waals surface area (Å²) in [5, 5.41) is 12.6. The van der Waals surface area contributed by atoms with Crippen LogP contribution < -0.4 is 4.74 Å². The molecule has 0 bridgehead atoms. The summed E-state index contributed by atoms with van der Waals surface area (Å²) < 4.78 is 7.72. The lowest BCUT2D eigenvalue weighted by molar-refractivity contribution is 0.0882. The number of nitrogens with zero attached hydrogens (tertiary/aromatic N) is 5. The molecule has 0 unspecified atom stereocenters. The Labute approximate surface area is 209 Å². The van der Waals surface area contributed by atoms with Crippen LogP contribution in [-0.2, 0) is 0 Å². The summed E-state index contributed by atoms with van der Waals surface area (Å²) >= 11 is 0. The van der Waals surface area contributed by atoms with Gasteiger partial charge in [0.15, 0.2) is 5.65 Å². The average Bonchev–Trinajstić information content (AvgIpc) is 3.44. The van der Waals surface area contributed by atoms with Crippen molar-refractivity contribution in [1.29, 1.82) is 5.41 Å². The monoisotopic (exact) mass is 480 g/mol. The third kappa shape index (κ3) is 4.03. The highest BCUT2D eigenvalue weighted by Gasteiger charge is 2.30. The quantitative estimate of drug-likeness (QED) is 0.444. The highest BCUT2D eigenvalue weighted by atomic mass is 16.5. The highest BCUT2D eigenvalue weighted by Crippen LogP contribution is 2.30. The molecule has 4 heterocycles. The highest BCUT2D eigenvalue weighted by molar-refractivity contribution is 6.22. The van der Waals surface area contributed by atoms with Crippen LogP contribution in [0.2, 0.25) is 0 Å². The zero-order valence-corrected chi connectivity index (χ0v) is 20.3. The second kappa shape index (κ2) is 9.20. The Kier molecular flexibility index (Phi) is 5.73. The van der Waals surface area contributed by atoms with Crippen molar-refractivity contribution in [2.45, 2.75) is 19.3 Å². The van der Waals surface area contributed by atoms with Gasteiger partial charge in [0.25, 0.3) is 5.91 Å². The minimum absolute atomic E-state index is 0.164. The minimum atomic E-state index is -0.164. The van der Waals surface area contributed by atoms with Gasteiger partial charge in [0.1, 0.15) is 18.2 Å². The maximum absolute atomic E-state index is 12.5. The zero-order chi connectivity index (χ0) is 24.6. The molecule has 0 atom stereocenters. The third-order valence-electron chi connectivity index (χ3n) is 7.13. The SMILES string of the molecule is CN1C(=N)c2ccc(-c3cnn4cc(-c5ccc(OCCN6CCCCC6)cc5)cnc34)cc2C1=O. The molecule has 36 heavy (non-hydrogen) atoms. The number of hydrogen-bond donors (Lipinski definition) is 1. The van der Waals surface area contributed by atoms with Crippen molar-refractivity contribution in [3.63, 3.8) is 0 Å². The molecule has 2 aromatic carbocycles. The van der Waals surface area contributed by atoms with E-state index in [1.54, 1.807) is 17.8 Å². The van der Waals surface area contributed by atoms with Crippen LogP contribution in [0.4, 0.5) is 0 Å². The van der Waals surface area contributed by atoms with Crippen molar-refractivity contribution in [1.82, 2.24) is 24.4 Å². The summed E-state index contributed by atoms with van der Waals surface area (Å²) in [7, 11) is 1.62. The molecular formula is C28H28N6O2. The lowest BCUT2D eigenvalue weighted by Gasteiger charge is -2.26. The van der Waals surface area contributed by atoms with E-state index in [9.17, 15) is 4.79 Å². The van der Waals surface area contributed by atoms with Crippen LogP contribution >= 0.6 is 0 Å². The van der Waals surface area contributed by atoms with E-state index < -0.39 is 0 Å². The lowest BCUT2D eigenvalue weighted by atomic mass is 10.0. The Morgan fingerprint density at radius 3 is 2.50 bits per heavy atom. The van der Waals surface area contributed by atoms with Crippen molar-refractivity contribution in [2.75, 3.05) is 33.3 Å². The van der Waals surface area contributed by atoms with E-state index in [2.05, 4.69) is 15.0 Å². The summed E-state index contributed by atoms with van der Waals surface area (Å²) in [6, 6.07) is 13.6. The van der Waals surface area contributed by atoms with Gasteiger partial charge in [-0.25, -0.2) is 9.50 Å². The van der Waals surface area contributed by atoms with Crippen LogP contribution in [0.1, 0.15) is 35.2 Å². The molecule has 2 aliphatic rings. The van der Waals surface area contributed by atoms with Crippen LogP contribution in [0.3, 0.4) is 0 Å². The lowest BCUT2D eigenvalue weighted by Crippen LogP contribution is -2.33. The first-order valence-corrected chi connectivity index (χ1v) is 12.4. The molecule has 2 aliphatic heterocycles. The number of carbonyl (C=O) groups is 1. The third-order valence-corrected chi connectivity index (χ3v) is 7.13. The molecule has 1 saturated heterocycles. The number of piperidine rings is 1. The topological polar surface area (TPSA) is 86.8 Å². The summed E-state index contributed by atoms with van der Waals surface area (Å²) in [6.07, 6.45) is 9.50. The van der Waals surface area contributed by atoms with Crippen molar-refractivity contribution in [2.24, 2.45) is 0 Å². The number of carbonyl (C=O) groups excluding carboxylic acids is 1. The molecule has 6 rings (SSSR count). The molecule has 0 radical (unpaired) electrons. The molecule has 1 N–H and O–H groups in total. The Morgan fingerprint density at radius 1 is 0.917 bits per heavy atom. The van der Waals surface area contributed by atoms with Gasteiger partial charge in [-0.1, -0.05) is 24.6 Å². The maximum atomic E-state index is 12.5. The molecule has 1 amide bonds. The predicted octanol–water partition coefficient (Wildman–Crippen LogP) is 4.34. The smallest absolute Gasteiger partial charge is 0.259 e. The summed E-state index contributed by atoms with van der Waals surface area (Å²) in [5.74, 6) is 0.932. The number of hydrogen-bond acceptors (Lipinski definition) is 6. The minimum Gasteiger partial charge on any atom is -0.492 e. The van der Waals surface area contributed by atoms with Gasteiger partial charge in [0, 0.05) is 42.7 Å². The van der Waals surface area contributed by atoms with Crippen LogP contribution in [0.15, 0.2) is 61.1 Å². The van der Waals surface area contributed by atoms with E-state index in [4.69, 9.17) is 10.1 Å². The fraction of sp³-hybridized carbons (Fsp3) is 0.286. The van der Waals surface area contributed by atoms with E-state index in [-0.39, 0.29) is 11.7 Å². The van der Waals surface area contributed by atoms with Crippen molar-refractivity contribution >= 4 is 17.4 Å². The molecule has 2 aromatic heterocycles. The maximum Gasteiger partial charge on any atom is 0.259 e. The zero-order valence-electron chi connectivity index (χ0n) is 20.3. The Balaban J connectivity index is 1.18. The number of aromatic nitrogens is 3. The van der Waals surface area contributed by atoms with Gasteiger partial charge in [0.05, 0.1) is 11.8 Å². The number of fused-ring (bicyclic) bond motifs is 2. The van der Waals surface area contributed by atoms with Gasteiger partial charge in [0.2, 0.25) is 0 Å². The van der Waals surface area contributed by atoms with E-state index in [1.165, 1.54) is 37.3 Å². The number of likely N-dealkylation sites (tertiary alicyclic amines) is 1. The Morgan fingerprint density at radius 2 is 1.69 bits per heavy atom. The normalized spacial score (nSPS) is 16.1. The summed E-state index contributed by atoms with van der Waals surface area (Å²) in [4.78, 5) is 21.0. The average molecular weight is 481 g/mol. The van der Waals surface area contributed by atoms with E-state index >= 15 is 0 Å². The van der Waals surface area contributed by atoms with E-state index in [0.29, 0.717) is 23.4 Å². The fourth-order valence-corrected chi connectivity index (χ4v) is 5.00. The number of rotatable bonds is 6. The van der Waals surface area contributed by atoms with Gasteiger partial charge in [-0.05, 0) is 61.3 Å². The summed E-state index contributed by atoms with van der Waals surface area (Å²) in [5.41, 5.74) is 5.59.